The molecule has 1 N–H and O–H groups in total. The molecule has 4 heteroatoms. The number of nitrogens with zero attached hydrogens (tertiary/aromatic N) is 1. The average Bonchev–Trinajstić information content (AvgIpc) is 2.87. The van der Waals surface area contributed by atoms with E-state index in [1.807, 2.05) is 24.3 Å². The normalized spacial score (nSPS) is 19.3. The van der Waals surface area contributed by atoms with Gasteiger partial charge in [-0.1, -0.05) is 32.9 Å². The Morgan fingerprint density at radius 1 is 1.33 bits per heavy atom. The van der Waals surface area contributed by atoms with Crippen LogP contribution in [0.4, 0.5) is 0 Å². The first-order valence-electron chi connectivity index (χ1n) is 7.40. The van der Waals surface area contributed by atoms with E-state index in [0.717, 1.165) is 29.6 Å². The third kappa shape index (κ3) is 2.62. The minimum absolute atomic E-state index is 0.106. The SMILES string of the molecule is CC1=C(CC(C)(C)C)O[C@@H](n2c(=O)[nH]c3ccccc32)C1. The van der Waals surface area contributed by atoms with Crippen molar-refractivity contribution in [1.29, 1.82) is 0 Å². The highest BCUT2D eigenvalue weighted by molar-refractivity contribution is 5.75. The Hall–Kier alpha value is -1.97. The summed E-state index contributed by atoms with van der Waals surface area (Å²) < 4.78 is 7.84. The number of H-pyrrole nitrogens is 1. The second kappa shape index (κ2) is 4.79. The van der Waals surface area contributed by atoms with Crippen molar-refractivity contribution in [2.75, 3.05) is 0 Å². The molecule has 1 aromatic carbocycles. The highest BCUT2D eigenvalue weighted by Gasteiger charge is 2.29. The van der Waals surface area contributed by atoms with E-state index in [1.54, 1.807) is 4.57 Å². The van der Waals surface area contributed by atoms with Gasteiger partial charge >= 0.3 is 5.69 Å². The van der Waals surface area contributed by atoms with Crippen molar-refractivity contribution in [2.45, 2.75) is 46.8 Å². The second-order valence-electron chi connectivity index (χ2n) is 7.03. The van der Waals surface area contributed by atoms with Crippen molar-refractivity contribution in [3.8, 4) is 0 Å². The van der Waals surface area contributed by atoms with Crippen LogP contribution in [0.15, 0.2) is 40.4 Å². The summed E-state index contributed by atoms with van der Waals surface area (Å²) in [6.45, 7) is 8.69. The average molecular weight is 286 g/mol. The van der Waals surface area contributed by atoms with Crippen molar-refractivity contribution in [2.24, 2.45) is 5.41 Å². The minimum atomic E-state index is -0.231. The molecule has 0 saturated heterocycles. The summed E-state index contributed by atoms with van der Waals surface area (Å²) in [5, 5.41) is 0. The van der Waals surface area contributed by atoms with Gasteiger partial charge in [-0.05, 0) is 30.0 Å². The molecule has 0 bridgehead atoms. The molecule has 3 rings (SSSR count). The molecular formula is C17H22N2O2. The number of hydrogen-bond acceptors (Lipinski definition) is 2. The molecule has 1 aliphatic heterocycles. The molecule has 21 heavy (non-hydrogen) atoms. The van der Waals surface area contributed by atoms with Crippen LogP contribution in [-0.2, 0) is 4.74 Å². The number of rotatable bonds is 2. The van der Waals surface area contributed by atoms with Gasteiger partial charge in [0.1, 0.15) is 0 Å². The summed E-state index contributed by atoms with van der Waals surface area (Å²) >= 11 is 0. The highest BCUT2D eigenvalue weighted by atomic mass is 16.5. The zero-order valence-electron chi connectivity index (χ0n) is 13.1. The van der Waals surface area contributed by atoms with Crippen LogP contribution in [0.3, 0.4) is 0 Å². The van der Waals surface area contributed by atoms with Crippen LogP contribution in [0.1, 0.15) is 46.8 Å². The summed E-state index contributed by atoms with van der Waals surface area (Å²) in [6.07, 6.45) is 1.44. The van der Waals surface area contributed by atoms with Gasteiger partial charge in [0.15, 0.2) is 6.23 Å². The van der Waals surface area contributed by atoms with E-state index in [2.05, 4.69) is 32.7 Å². The van der Waals surface area contributed by atoms with Crippen molar-refractivity contribution < 1.29 is 4.74 Å². The van der Waals surface area contributed by atoms with Crippen LogP contribution in [0.25, 0.3) is 11.0 Å². The lowest BCUT2D eigenvalue weighted by atomic mass is 9.90. The van der Waals surface area contributed by atoms with Crippen LogP contribution in [0, 0.1) is 5.41 Å². The van der Waals surface area contributed by atoms with Gasteiger partial charge in [0, 0.05) is 12.8 Å². The molecular weight excluding hydrogens is 264 g/mol. The summed E-state index contributed by atoms with van der Waals surface area (Å²) in [4.78, 5) is 15.1. The van der Waals surface area contributed by atoms with Crippen LogP contribution in [-0.4, -0.2) is 9.55 Å². The van der Waals surface area contributed by atoms with E-state index in [9.17, 15) is 4.79 Å². The minimum Gasteiger partial charge on any atom is -0.474 e. The van der Waals surface area contributed by atoms with Crippen molar-refractivity contribution >= 4 is 11.0 Å². The fourth-order valence-corrected chi connectivity index (χ4v) is 2.86. The van der Waals surface area contributed by atoms with Gasteiger partial charge in [-0.3, -0.25) is 4.57 Å². The van der Waals surface area contributed by atoms with Crippen LogP contribution < -0.4 is 5.69 Å². The summed E-state index contributed by atoms with van der Waals surface area (Å²) in [6, 6.07) is 7.73. The topological polar surface area (TPSA) is 47.0 Å². The standard InChI is InChI=1S/C17H22N2O2/c1-11-9-15(21-14(11)10-17(2,3)4)19-13-8-6-5-7-12(13)18-16(19)20/h5-8,15H,9-10H2,1-4H3,(H,18,20)/t15-/m1/s1. The number of imidazole rings is 1. The Balaban J connectivity index is 1.93. The van der Waals surface area contributed by atoms with Gasteiger partial charge in [0.2, 0.25) is 0 Å². The number of aromatic nitrogens is 2. The first-order valence-corrected chi connectivity index (χ1v) is 7.40. The third-order valence-corrected chi connectivity index (χ3v) is 3.84. The van der Waals surface area contributed by atoms with Crippen LogP contribution in [0.2, 0.25) is 0 Å². The summed E-state index contributed by atoms with van der Waals surface area (Å²) in [5.74, 6) is 1.03. The Morgan fingerprint density at radius 3 is 2.76 bits per heavy atom. The number of benzene rings is 1. The summed E-state index contributed by atoms with van der Waals surface area (Å²) in [7, 11) is 0. The van der Waals surface area contributed by atoms with E-state index in [0.29, 0.717) is 0 Å². The zero-order chi connectivity index (χ0) is 15.2. The first-order chi connectivity index (χ1) is 9.85. The third-order valence-electron chi connectivity index (χ3n) is 3.84. The molecule has 2 aromatic rings. The van der Waals surface area contributed by atoms with Crippen LogP contribution >= 0.6 is 0 Å². The molecule has 1 aromatic heterocycles. The van der Waals surface area contributed by atoms with Crippen molar-refractivity contribution in [3.05, 3.63) is 46.1 Å². The van der Waals surface area contributed by atoms with Crippen molar-refractivity contribution in [1.82, 2.24) is 9.55 Å². The van der Waals surface area contributed by atoms with E-state index >= 15 is 0 Å². The Morgan fingerprint density at radius 2 is 2.05 bits per heavy atom. The number of hydrogen-bond donors (Lipinski definition) is 1. The number of allylic oxidation sites excluding steroid dienone is 1. The predicted octanol–water partition coefficient (Wildman–Crippen LogP) is 3.96. The fraction of sp³-hybridized carbons (Fsp3) is 0.471. The fourth-order valence-electron chi connectivity index (χ4n) is 2.86. The molecule has 0 spiro atoms. The smallest absolute Gasteiger partial charge is 0.329 e. The maximum Gasteiger partial charge on any atom is 0.329 e. The largest absolute Gasteiger partial charge is 0.474 e. The Labute approximate surface area is 124 Å². The maximum atomic E-state index is 12.2. The first kappa shape index (κ1) is 14.0. The monoisotopic (exact) mass is 286 g/mol. The molecule has 112 valence electrons. The Kier molecular flexibility index (Phi) is 3.19. The number of aromatic amines is 1. The molecule has 0 fully saturated rings. The number of nitrogens with one attached hydrogen (secondary N) is 1. The Bertz CT molecular complexity index is 759. The lowest BCUT2D eigenvalue weighted by Gasteiger charge is -2.21. The van der Waals surface area contributed by atoms with E-state index in [4.69, 9.17) is 4.74 Å². The molecule has 1 atom stereocenters. The van der Waals surface area contributed by atoms with Crippen molar-refractivity contribution in [3.63, 3.8) is 0 Å². The summed E-state index contributed by atoms with van der Waals surface area (Å²) in [5.41, 5.74) is 3.07. The maximum absolute atomic E-state index is 12.2. The van der Waals surface area contributed by atoms with E-state index < -0.39 is 0 Å². The number of ether oxygens (including phenoxy) is 1. The molecule has 2 heterocycles. The molecule has 0 saturated carbocycles. The van der Waals surface area contributed by atoms with Crippen LogP contribution in [0.5, 0.6) is 0 Å². The van der Waals surface area contributed by atoms with Gasteiger partial charge in [0.05, 0.1) is 16.8 Å². The van der Waals surface area contributed by atoms with Gasteiger partial charge in [-0.15, -0.1) is 0 Å². The zero-order valence-corrected chi connectivity index (χ0v) is 13.1. The molecule has 0 amide bonds. The highest BCUT2D eigenvalue weighted by Crippen LogP contribution is 2.38. The van der Waals surface area contributed by atoms with Gasteiger partial charge in [0.25, 0.3) is 0 Å². The molecule has 0 radical (unpaired) electrons. The lowest BCUT2D eigenvalue weighted by molar-refractivity contribution is 0.0699. The molecule has 1 aliphatic rings. The molecule has 4 nitrogen and oxygen atoms in total. The van der Waals surface area contributed by atoms with Gasteiger partial charge in [-0.25, -0.2) is 4.79 Å². The van der Waals surface area contributed by atoms with E-state index in [1.165, 1.54) is 5.57 Å². The van der Waals surface area contributed by atoms with E-state index in [-0.39, 0.29) is 17.3 Å². The van der Waals surface area contributed by atoms with Gasteiger partial charge < -0.3 is 9.72 Å². The predicted molar refractivity (Wildman–Crippen MR) is 84.1 cm³/mol. The number of fused-ring (bicyclic) bond motifs is 1. The lowest BCUT2D eigenvalue weighted by Crippen LogP contribution is -2.22. The molecule has 0 aliphatic carbocycles. The quantitative estimate of drug-likeness (QED) is 0.908. The van der Waals surface area contributed by atoms with Gasteiger partial charge in [-0.2, -0.15) is 0 Å². The number of para-hydroxylation sites is 2. The second-order valence-corrected chi connectivity index (χ2v) is 7.03. The molecule has 0 unspecified atom stereocenters.